The summed E-state index contributed by atoms with van der Waals surface area (Å²) in [7, 11) is 0. The molecule has 2 N–H and O–H groups in total. The molecule has 16 heavy (non-hydrogen) atoms. The molecule has 0 radical (unpaired) electrons. The molecule has 1 aromatic heterocycles. The molecule has 1 heterocycles. The minimum atomic E-state index is -0.0167. The van der Waals surface area contributed by atoms with Crippen molar-refractivity contribution in [3.63, 3.8) is 0 Å². The maximum absolute atomic E-state index is 11.4. The molecule has 1 aliphatic rings. The van der Waals surface area contributed by atoms with Gasteiger partial charge in [0.25, 0.3) is 0 Å². The molecule has 1 saturated carbocycles. The van der Waals surface area contributed by atoms with Crippen LogP contribution in [0.5, 0.6) is 0 Å². The Bertz CT molecular complexity index is 320. The zero-order chi connectivity index (χ0) is 11.2. The van der Waals surface area contributed by atoms with Crippen molar-refractivity contribution in [2.24, 2.45) is 0 Å². The zero-order valence-corrected chi connectivity index (χ0v) is 9.22. The molecule has 88 valence electrons. The molecule has 1 aromatic rings. The summed E-state index contributed by atoms with van der Waals surface area (Å²) in [6.07, 6.45) is 6.54. The first-order valence-electron chi connectivity index (χ1n) is 5.67. The van der Waals surface area contributed by atoms with E-state index in [1.165, 1.54) is 30.2 Å². The largest absolute Gasteiger partial charge is 0.354 e. The molecule has 1 aliphatic carbocycles. The van der Waals surface area contributed by atoms with Crippen LogP contribution in [0.1, 0.15) is 19.3 Å². The van der Waals surface area contributed by atoms with Gasteiger partial charge in [0.2, 0.25) is 5.91 Å². The third-order valence-corrected chi connectivity index (χ3v) is 2.46. The fourth-order valence-electron chi connectivity index (χ4n) is 1.43. The lowest BCUT2D eigenvalue weighted by molar-refractivity contribution is -0.121. The minimum absolute atomic E-state index is 0.0167. The number of amides is 1. The van der Waals surface area contributed by atoms with Crippen molar-refractivity contribution in [1.82, 2.24) is 25.4 Å². The third kappa shape index (κ3) is 3.98. The predicted molar refractivity (Wildman–Crippen MR) is 58.7 cm³/mol. The van der Waals surface area contributed by atoms with Gasteiger partial charge < -0.3 is 10.6 Å². The van der Waals surface area contributed by atoms with E-state index < -0.39 is 0 Å². The van der Waals surface area contributed by atoms with Gasteiger partial charge in [0, 0.05) is 12.6 Å². The van der Waals surface area contributed by atoms with E-state index in [1.54, 1.807) is 0 Å². The Morgan fingerprint density at radius 1 is 1.44 bits per heavy atom. The summed E-state index contributed by atoms with van der Waals surface area (Å²) in [6.45, 7) is 1.94. The van der Waals surface area contributed by atoms with E-state index in [-0.39, 0.29) is 12.5 Å². The molecule has 6 heteroatoms. The van der Waals surface area contributed by atoms with Gasteiger partial charge >= 0.3 is 0 Å². The van der Waals surface area contributed by atoms with Crippen molar-refractivity contribution in [2.75, 3.05) is 13.1 Å². The van der Waals surface area contributed by atoms with Gasteiger partial charge in [0.1, 0.15) is 19.2 Å². The summed E-state index contributed by atoms with van der Waals surface area (Å²) in [5.41, 5.74) is 0. The van der Waals surface area contributed by atoms with Crippen LogP contribution < -0.4 is 10.6 Å². The van der Waals surface area contributed by atoms with Gasteiger partial charge in [-0.05, 0) is 25.8 Å². The van der Waals surface area contributed by atoms with E-state index in [1.807, 2.05) is 0 Å². The molecule has 0 saturated heterocycles. The van der Waals surface area contributed by atoms with E-state index >= 15 is 0 Å². The van der Waals surface area contributed by atoms with Crippen molar-refractivity contribution < 1.29 is 4.79 Å². The van der Waals surface area contributed by atoms with Gasteiger partial charge in [-0.25, -0.2) is 9.67 Å². The van der Waals surface area contributed by atoms with Gasteiger partial charge in [-0.2, -0.15) is 5.10 Å². The summed E-state index contributed by atoms with van der Waals surface area (Å²) in [6, 6.07) is 0.742. The fraction of sp³-hybridized carbons (Fsp3) is 0.700. The topological polar surface area (TPSA) is 71.8 Å². The molecule has 1 amide bonds. The molecule has 0 aromatic carbocycles. The lowest BCUT2D eigenvalue weighted by atomic mass is 10.4. The van der Waals surface area contributed by atoms with Gasteiger partial charge in [-0.1, -0.05) is 0 Å². The van der Waals surface area contributed by atoms with Gasteiger partial charge in [0.15, 0.2) is 0 Å². The molecule has 0 bridgehead atoms. The van der Waals surface area contributed by atoms with E-state index in [4.69, 9.17) is 0 Å². The van der Waals surface area contributed by atoms with E-state index in [0.717, 1.165) is 19.0 Å². The Morgan fingerprint density at radius 2 is 2.31 bits per heavy atom. The Kier molecular flexibility index (Phi) is 3.87. The Hall–Kier alpha value is -1.43. The standard InChI is InChI=1S/C10H17N5O/c16-10(6-15-8-11-7-14-15)13-5-1-4-12-9-2-3-9/h7-9,12H,1-6H2,(H,13,16). The second-order valence-corrected chi connectivity index (χ2v) is 4.02. The zero-order valence-electron chi connectivity index (χ0n) is 9.22. The maximum atomic E-state index is 11.4. The summed E-state index contributed by atoms with van der Waals surface area (Å²) >= 11 is 0. The maximum Gasteiger partial charge on any atom is 0.241 e. The normalized spacial score (nSPS) is 15.0. The third-order valence-electron chi connectivity index (χ3n) is 2.46. The van der Waals surface area contributed by atoms with Crippen LogP contribution in [-0.4, -0.2) is 39.8 Å². The first kappa shape index (κ1) is 11.1. The molecule has 0 spiro atoms. The van der Waals surface area contributed by atoms with Crippen LogP contribution in [0, 0.1) is 0 Å². The number of hydrogen-bond acceptors (Lipinski definition) is 4. The van der Waals surface area contributed by atoms with Crippen LogP contribution in [0.3, 0.4) is 0 Å². The number of nitrogens with one attached hydrogen (secondary N) is 2. The second kappa shape index (κ2) is 5.60. The Morgan fingerprint density at radius 3 is 3.00 bits per heavy atom. The van der Waals surface area contributed by atoms with E-state index in [2.05, 4.69) is 20.7 Å². The summed E-state index contributed by atoms with van der Waals surface area (Å²) in [4.78, 5) is 15.2. The SMILES string of the molecule is O=C(Cn1cncn1)NCCCNC1CC1. The highest BCUT2D eigenvalue weighted by atomic mass is 16.2. The predicted octanol–water partition coefficient (Wildman–Crippen LogP) is -0.464. The van der Waals surface area contributed by atoms with Crippen LogP contribution in [0.25, 0.3) is 0 Å². The number of carbonyl (C=O) groups excluding carboxylic acids is 1. The highest BCUT2D eigenvalue weighted by Gasteiger charge is 2.19. The second-order valence-electron chi connectivity index (χ2n) is 4.02. The molecule has 0 unspecified atom stereocenters. The molecular formula is C10H17N5O. The van der Waals surface area contributed by atoms with E-state index in [9.17, 15) is 4.79 Å². The van der Waals surface area contributed by atoms with Crippen LogP contribution in [0.15, 0.2) is 12.7 Å². The molecule has 0 atom stereocenters. The number of nitrogens with zero attached hydrogens (tertiary/aromatic N) is 3. The minimum Gasteiger partial charge on any atom is -0.354 e. The number of rotatable bonds is 7. The first-order chi connectivity index (χ1) is 7.84. The molecule has 2 rings (SSSR count). The number of hydrogen-bond donors (Lipinski definition) is 2. The molecule has 0 aliphatic heterocycles. The molecular weight excluding hydrogens is 206 g/mol. The smallest absolute Gasteiger partial charge is 0.241 e. The number of carbonyl (C=O) groups is 1. The number of aromatic nitrogens is 3. The monoisotopic (exact) mass is 223 g/mol. The fourth-order valence-corrected chi connectivity index (χ4v) is 1.43. The lowest BCUT2D eigenvalue weighted by Gasteiger charge is -2.05. The highest BCUT2D eigenvalue weighted by molar-refractivity contribution is 5.75. The van der Waals surface area contributed by atoms with Crippen molar-refractivity contribution in [2.45, 2.75) is 31.8 Å². The Balaban J connectivity index is 1.50. The molecule has 6 nitrogen and oxygen atoms in total. The van der Waals surface area contributed by atoms with Crippen LogP contribution >= 0.6 is 0 Å². The van der Waals surface area contributed by atoms with Gasteiger partial charge in [-0.3, -0.25) is 4.79 Å². The highest BCUT2D eigenvalue weighted by Crippen LogP contribution is 2.18. The van der Waals surface area contributed by atoms with Gasteiger partial charge in [-0.15, -0.1) is 0 Å². The lowest BCUT2D eigenvalue weighted by Crippen LogP contribution is -2.30. The first-order valence-corrected chi connectivity index (χ1v) is 5.67. The average molecular weight is 223 g/mol. The van der Waals surface area contributed by atoms with Crippen LogP contribution in [-0.2, 0) is 11.3 Å². The van der Waals surface area contributed by atoms with Crippen LogP contribution in [0.4, 0.5) is 0 Å². The Labute approximate surface area is 94.4 Å². The van der Waals surface area contributed by atoms with Crippen LogP contribution in [0.2, 0.25) is 0 Å². The summed E-state index contributed by atoms with van der Waals surface area (Å²) in [5.74, 6) is -0.0167. The summed E-state index contributed by atoms with van der Waals surface area (Å²) in [5, 5.41) is 10.1. The van der Waals surface area contributed by atoms with E-state index in [0.29, 0.717) is 6.54 Å². The average Bonchev–Trinajstić information content (AvgIpc) is 2.95. The van der Waals surface area contributed by atoms with Crippen molar-refractivity contribution in [3.8, 4) is 0 Å². The summed E-state index contributed by atoms with van der Waals surface area (Å²) < 4.78 is 1.51. The quantitative estimate of drug-likeness (QED) is 0.613. The van der Waals surface area contributed by atoms with Crippen molar-refractivity contribution >= 4 is 5.91 Å². The molecule has 1 fully saturated rings. The van der Waals surface area contributed by atoms with Crippen molar-refractivity contribution in [3.05, 3.63) is 12.7 Å². The van der Waals surface area contributed by atoms with Crippen molar-refractivity contribution in [1.29, 1.82) is 0 Å². The van der Waals surface area contributed by atoms with Gasteiger partial charge in [0.05, 0.1) is 0 Å².